The average Bonchev–Trinajstić information content (AvgIpc) is 3.18. The highest BCUT2D eigenvalue weighted by Gasteiger charge is 2.41. The monoisotopic (exact) mass is 334 g/mol. The van der Waals surface area contributed by atoms with E-state index < -0.39 is 6.10 Å². The van der Waals surface area contributed by atoms with Crippen LogP contribution >= 0.6 is 0 Å². The molecule has 0 aromatic carbocycles. The van der Waals surface area contributed by atoms with Crippen LogP contribution in [0.1, 0.15) is 18.5 Å². The summed E-state index contributed by atoms with van der Waals surface area (Å²) in [4.78, 5) is 16.4. The maximum Gasteiger partial charge on any atom is 0.246 e. The molecule has 1 aliphatic heterocycles. The standard InChI is InChI=1S/C17H26N4O3/c1-19(16(22)6-3-13-7-8-18-20(13)2)14-4-5-15(17(14)23)21-9-11-24-12-10-21/h3,6-8,14-15,17,23H,4-5,9-12H2,1-2H3/b6-3+/t14-,15-,17-/m1/s1. The third-order valence-electron chi connectivity index (χ3n) is 5.16. The van der Waals surface area contributed by atoms with Gasteiger partial charge in [0.1, 0.15) is 0 Å². The van der Waals surface area contributed by atoms with Crippen LogP contribution in [0.5, 0.6) is 0 Å². The van der Waals surface area contributed by atoms with Crippen molar-refractivity contribution in [3.05, 3.63) is 24.0 Å². The maximum absolute atomic E-state index is 12.4. The predicted molar refractivity (Wildman–Crippen MR) is 90.2 cm³/mol. The first-order valence-electron chi connectivity index (χ1n) is 8.50. The number of carbonyl (C=O) groups is 1. The summed E-state index contributed by atoms with van der Waals surface area (Å²) in [7, 11) is 3.60. The van der Waals surface area contributed by atoms with Gasteiger partial charge in [0, 0.05) is 45.5 Å². The van der Waals surface area contributed by atoms with Crippen LogP contribution in [0.3, 0.4) is 0 Å². The van der Waals surface area contributed by atoms with Gasteiger partial charge in [-0.3, -0.25) is 14.4 Å². The van der Waals surface area contributed by atoms with Crippen LogP contribution in [-0.2, 0) is 16.6 Å². The molecule has 0 unspecified atom stereocenters. The highest BCUT2D eigenvalue weighted by Crippen LogP contribution is 2.28. The molecule has 7 nitrogen and oxygen atoms in total. The van der Waals surface area contributed by atoms with Crippen LogP contribution in [0.15, 0.2) is 18.3 Å². The van der Waals surface area contributed by atoms with Gasteiger partial charge in [-0.15, -0.1) is 0 Å². The lowest BCUT2D eigenvalue weighted by molar-refractivity contribution is -0.129. The van der Waals surface area contributed by atoms with Gasteiger partial charge in [0.05, 0.1) is 31.1 Å². The van der Waals surface area contributed by atoms with Gasteiger partial charge >= 0.3 is 0 Å². The van der Waals surface area contributed by atoms with E-state index in [0.29, 0.717) is 0 Å². The number of likely N-dealkylation sites (N-methyl/N-ethyl adjacent to an activating group) is 1. The van der Waals surface area contributed by atoms with Gasteiger partial charge in [-0.05, 0) is 25.0 Å². The number of aryl methyl sites for hydroxylation is 1. The zero-order valence-electron chi connectivity index (χ0n) is 14.3. The number of hydrogen-bond acceptors (Lipinski definition) is 5. The molecule has 7 heteroatoms. The van der Waals surface area contributed by atoms with E-state index in [0.717, 1.165) is 44.8 Å². The highest BCUT2D eigenvalue weighted by molar-refractivity contribution is 5.91. The quantitative estimate of drug-likeness (QED) is 0.792. The fourth-order valence-electron chi connectivity index (χ4n) is 3.66. The maximum atomic E-state index is 12.4. The molecule has 132 valence electrons. The number of nitrogens with zero attached hydrogens (tertiary/aromatic N) is 4. The molecule has 1 saturated carbocycles. The summed E-state index contributed by atoms with van der Waals surface area (Å²) in [5.74, 6) is -0.0946. The summed E-state index contributed by atoms with van der Waals surface area (Å²) in [6, 6.07) is 1.83. The third-order valence-corrected chi connectivity index (χ3v) is 5.16. The van der Waals surface area contributed by atoms with Crippen molar-refractivity contribution < 1.29 is 14.6 Å². The van der Waals surface area contributed by atoms with E-state index in [4.69, 9.17) is 4.74 Å². The summed E-state index contributed by atoms with van der Waals surface area (Å²) in [6.07, 6.45) is 6.22. The van der Waals surface area contributed by atoms with E-state index in [-0.39, 0.29) is 18.0 Å². The Hall–Kier alpha value is -1.70. The first kappa shape index (κ1) is 17.1. The predicted octanol–water partition coefficient (Wildman–Crippen LogP) is 0.116. The zero-order valence-corrected chi connectivity index (χ0v) is 14.3. The smallest absolute Gasteiger partial charge is 0.246 e. The zero-order chi connectivity index (χ0) is 17.1. The van der Waals surface area contributed by atoms with Crippen LogP contribution < -0.4 is 0 Å². The van der Waals surface area contributed by atoms with Gasteiger partial charge in [-0.25, -0.2) is 0 Å². The molecule has 0 spiro atoms. The van der Waals surface area contributed by atoms with Gasteiger partial charge in [-0.1, -0.05) is 0 Å². The van der Waals surface area contributed by atoms with Crippen molar-refractivity contribution >= 4 is 12.0 Å². The van der Waals surface area contributed by atoms with E-state index in [1.165, 1.54) is 0 Å². The first-order valence-corrected chi connectivity index (χ1v) is 8.50. The third kappa shape index (κ3) is 3.53. The first-order chi connectivity index (χ1) is 11.6. The van der Waals surface area contributed by atoms with Gasteiger partial charge < -0.3 is 14.7 Å². The number of amides is 1. The Morgan fingerprint density at radius 1 is 1.42 bits per heavy atom. The topological polar surface area (TPSA) is 70.8 Å². The van der Waals surface area contributed by atoms with Gasteiger partial charge in [0.15, 0.2) is 0 Å². The summed E-state index contributed by atoms with van der Waals surface area (Å²) < 4.78 is 7.09. The number of morpholine rings is 1. The van der Waals surface area contributed by atoms with Crippen molar-refractivity contribution in [3.8, 4) is 0 Å². The van der Waals surface area contributed by atoms with Gasteiger partial charge in [0.2, 0.25) is 5.91 Å². The van der Waals surface area contributed by atoms with Crippen LogP contribution in [0.2, 0.25) is 0 Å². The van der Waals surface area contributed by atoms with Gasteiger partial charge in [-0.2, -0.15) is 5.10 Å². The molecule has 3 rings (SSSR count). The van der Waals surface area contributed by atoms with Crippen LogP contribution in [-0.4, -0.2) is 82.1 Å². The van der Waals surface area contributed by atoms with Gasteiger partial charge in [0.25, 0.3) is 0 Å². The largest absolute Gasteiger partial charge is 0.389 e. The van der Waals surface area contributed by atoms with E-state index in [2.05, 4.69) is 10.00 Å². The minimum atomic E-state index is -0.512. The van der Waals surface area contributed by atoms with Crippen molar-refractivity contribution in [1.82, 2.24) is 19.6 Å². The van der Waals surface area contributed by atoms with Crippen molar-refractivity contribution in [2.75, 3.05) is 33.4 Å². The molecule has 2 aliphatic rings. The molecule has 1 N–H and O–H groups in total. The Balaban J connectivity index is 1.60. The molecule has 0 radical (unpaired) electrons. The van der Waals surface area contributed by atoms with Crippen LogP contribution in [0.4, 0.5) is 0 Å². The second-order valence-corrected chi connectivity index (χ2v) is 6.51. The normalized spacial score (nSPS) is 28.5. The molecule has 1 aromatic heterocycles. The molecule has 24 heavy (non-hydrogen) atoms. The van der Waals surface area contributed by atoms with Crippen LogP contribution in [0, 0.1) is 0 Å². The number of ether oxygens (including phenoxy) is 1. The second kappa shape index (κ2) is 7.46. The lowest BCUT2D eigenvalue weighted by Gasteiger charge is -2.36. The fraction of sp³-hybridized carbons (Fsp3) is 0.647. The SMILES string of the molecule is CN(C(=O)/C=C/c1ccnn1C)[C@@H]1CC[C@@H](N2CCOCC2)[C@@H]1O. The van der Waals surface area contributed by atoms with E-state index in [9.17, 15) is 9.90 Å². The molecular weight excluding hydrogens is 308 g/mol. The van der Waals surface area contributed by atoms with E-state index >= 15 is 0 Å². The Morgan fingerprint density at radius 3 is 2.83 bits per heavy atom. The number of aromatic nitrogens is 2. The van der Waals surface area contributed by atoms with E-state index in [1.807, 2.05) is 13.1 Å². The number of aliphatic hydroxyl groups excluding tert-OH is 1. The lowest BCUT2D eigenvalue weighted by atomic mass is 10.1. The summed E-state index contributed by atoms with van der Waals surface area (Å²) in [6.45, 7) is 3.14. The average molecular weight is 334 g/mol. The molecule has 1 aliphatic carbocycles. The number of hydrogen-bond donors (Lipinski definition) is 1. The molecule has 3 atom stereocenters. The molecule has 1 amide bonds. The Bertz CT molecular complexity index is 594. The molecular formula is C17H26N4O3. The number of rotatable bonds is 4. The summed E-state index contributed by atoms with van der Waals surface area (Å²) >= 11 is 0. The Labute approximate surface area is 142 Å². The summed E-state index contributed by atoms with van der Waals surface area (Å²) in [5.41, 5.74) is 0.870. The Morgan fingerprint density at radius 2 is 2.17 bits per heavy atom. The number of carbonyl (C=O) groups excluding carboxylic acids is 1. The number of aliphatic hydroxyl groups is 1. The lowest BCUT2D eigenvalue weighted by Crippen LogP contribution is -2.51. The van der Waals surface area contributed by atoms with Crippen molar-refractivity contribution in [2.24, 2.45) is 7.05 Å². The van der Waals surface area contributed by atoms with E-state index in [1.54, 1.807) is 35.0 Å². The highest BCUT2D eigenvalue weighted by atomic mass is 16.5. The Kier molecular flexibility index (Phi) is 5.33. The minimum absolute atomic E-state index is 0.0946. The summed E-state index contributed by atoms with van der Waals surface area (Å²) in [5, 5.41) is 14.8. The van der Waals surface area contributed by atoms with Crippen molar-refractivity contribution in [3.63, 3.8) is 0 Å². The molecule has 1 saturated heterocycles. The fourth-order valence-corrected chi connectivity index (χ4v) is 3.66. The van der Waals surface area contributed by atoms with Crippen LogP contribution in [0.25, 0.3) is 6.08 Å². The van der Waals surface area contributed by atoms with Crippen molar-refractivity contribution in [1.29, 1.82) is 0 Å². The molecule has 2 heterocycles. The van der Waals surface area contributed by atoms with Crippen molar-refractivity contribution in [2.45, 2.75) is 31.0 Å². The molecule has 1 aromatic rings. The molecule has 0 bridgehead atoms. The second-order valence-electron chi connectivity index (χ2n) is 6.51. The molecule has 2 fully saturated rings. The minimum Gasteiger partial charge on any atom is -0.389 e.